The van der Waals surface area contributed by atoms with Crippen LogP contribution in [0.25, 0.3) is 11.1 Å². The molecule has 3 aromatic rings. The number of anilines is 1. The Labute approximate surface area is 198 Å². The minimum atomic E-state index is -3.72. The number of carbonyl (C=O) groups excluding carboxylic acids is 1. The van der Waals surface area contributed by atoms with E-state index in [9.17, 15) is 18.0 Å². The molecule has 8 nitrogen and oxygen atoms in total. The maximum atomic E-state index is 13.3. The maximum Gasteiger partial charge on any atom is 0.420 e. The summed E-state index contributed by atoms with van der Waals surface area (Å²) >= 11 is 0. The van der Waals surface area contributed by atoms with Crippen LogP contribution in [0.3, 0.4) is 0 Å². The van der Waals surface area contributed by atoms with Crippen LogP contribution in [0.2, 0.25) is 0 Å². The van der Waals surface area contributed by atoms with Crippen LogP contribution in [-0.4, -0.2) is 42.8 Å². The Kier molecular flexibility index (Phi) is 5.85. The number of hydrogen-bond donors (Lipinski definition) is 0. The number of nitrogens with zero attached hydrogens (tertiary/aromatic N) is 3. The number of fused-ring (bicyclic) bond motifs is 2. The standard InChI is InChI=1S/C25H29N3O5S/c1-17(2)28-22-8-7-20(16-23(22)33-25(28)30)34(31,32)26-12-9-18(10-13-26)15-24(29)27-14-11-19-5-3-4-6-21(19)27/h3-8,16-18H,9-15H2,1-2H3. The summed E-state index contributed by atoms with van der Waals surface area (Å²) in [5, 5.41) is 0. The molecule has 3 heterocycles. The van der Waals surface area contributed by atoms with Crippen molar-refractivity contribution in [3.8, 4) is 0 Å². The van der Waals surface area contributed by atoms with Gasteiger partial charge in [0.2, 0.25) is 15.9 Å². The van der Waals surface area contributed by atoms with E-state index in [1.165, 1.54) is 26.6 Å². The molecule has 5 rings (SSSR count). The lowest BCUT2D eigenvalue weighted by molar-refractivity contribution is -0.119. The average molecular weight is 484 g/mol. The van der Waals surface area contributed by atoms with E-state index in [1.807, 2.05) is 36.9 Å². The molecule has 0 aliphatic carbocycles. The third-order valence-electron chi connectivity index (χ3n) is 6.96. The van der Waals surface area contributed by atoms with Crippen LogP contribution < -0.4 is 10.7 Å². The molecule has 1 amide bonds. The first-order valence-electron chi connectivity index (χ1n) is 11.8. The lowest BCUT2D eigenvalue weighted by Crippen LogP contribution is -2.40. The van der Waals surface area contributed by atoms with E-state index in [0.717, 1.165) is 12.1 Å². The first-order valence-corrected chi connectivity index (χ1v) is 13.2. The molecule has 1 fully saturated rings. The van der Waals surface area contributed by atoms with Gasteiger partial charge in [0.1, 0.15) is 0 Å². The molecule has 34 heavy (non-hydrogen) atoms. The average Bonchev–Trinajstić information content (AvgIpc) is 3.39. The van der Waals surface area contributed by atoms with Crippen LogP contribution >= 0.6 is 0 Å². The van der Waals surface area contributed by atoms with Crippen molar-refractivity contribution < 1.29 is 17.6 Å². The van der Waals surface area contributed by atoms with Crippen molar-refractivity contribution in [1.82, 2.24) is 8.87 Å². The summed E-state index contributed by atoms with van der Waals surface area (Å²) in [6, 6.07) is 12.5. The molecule has 180 valence electrons. The van der Waals surface area contributed by atoms with Gasteiger partial charge >= 0.3 is 5.76 Å². The summed E-state index contributed by atoms with van der Waals surface area (Å²) in [4.78, 5) is 27.1. The van der Waals surface area contributed by atoms with Crippen LogP contribution in [-0.2, 0) is 21.2 Å². The molecule has 0 spiro atoms. The maximum absolute atomic E-state index is 13.3. The molecule has 0 radical (unpaired) electrons. The Morgan fingerprint density at radius 3 is 2.56 bits per heavy atom. The molecule has 0 atom stereocenters. The first kappa shape index (κ1) is 22.9. The van der Waals surface area contributed by atoms with E-state index in [0.29, 0.717) is 44.4 Å². The molecular weight excluding hydrogens is 454 g/mol. The van der Waals surface area contributed by atoms with Crippen LogP contribution in [0.5, 0.6) is 0 Å². The van der Waals surface area contributed by atoms with E-state index < -0.39 is 15.8 Å². The zero-order valence-corrected chi connectivity index (χ0v) is 20.3. The van der Waals surface area contributed by atoms with Crippen molar-refractivity contribution in [3.05, 3.63) is 58.6 Å². The van der Waals surface area contributed by atoms with Gasteiger partial charge in [-0.25, -0.2) is 13.2 Å². The van der Waals surface area contributed by atoms with Gasteiger partial charge in [-0.15, -0.1) is 0 Å². The van der Waals surface area contributed by atoms with Crippen molar-refractivity contribution in [1.29, 1.82) is 0 Å². The third kappa shape index (κ3) is 3.96. The molecule has 2 aliphatic rings. The summed E-state index contributed by atoms with van der Waals surface area (Å²) in [7, 11) is -3.72. The molecule has 2 aliphatic heterocycles. The van der Waals surface area contributed by atoms with Crippen molar-refractivity contribution in [2.75, 3.05) is 24.5 Å². The molecular formula is C25H29N3O5S. The number of aromatic nitrogens is 1. The third-order valence-corrected chi connectivity index (χ3v) is 8.86. The number of amides is 1. The second-order valence-corrected chi connectivity index (χ2v) is 11.4. The smallest absolute Gasteiger partial charge is 0.408 e. The van der Waals surface area contributed by atoms with E-state index >= 15 is 0 Å². The van der Waals surface area contributed by atoms with Crippen LogP contribution in [0.4, 0.5) is 5.69 Å². The van der Waals surface area contributed by atoms with E-state index in [1.54, 1.807) is 6.07 Å². The second-order valence-electron chi connectivity index (χ2n) is 9.44. The summed E-state index contributed by atoms with van der Waals surface area (Å²) < 4.78 is 34.8. The van der Waals surface area contributed by atoms with Crippen LogP contribution in [0, 0.1) is 5.92 Å². The predicted octanol–water partition coefficient (Wildman–Crippen LogP) is 3.56. The Morgan fingerprint density at radius 1 is 1.09 bits per heavy atom. The number of rotatable bonds is 5. The highest BCUT2D eigenvalue weighted by Gasteiger charge is 2.32. The molecule has 0 saturated carbocycles. The van der Waals surface area contributed by atoms with Crippen molar-refractivity contribution >= 4 is 32.7 Å². The molecule has 9 heteroatoms. The van der Waals surface area contributed by atoms with Gasteiger partial charge in [0, 0.05) is 43.9 Å². The molecule has 0 unspecified atom stereocenters. The highest BCUT2D eigenvalue weighted by atomic mass is 32.2. The van der Waals surface area contributed by atoms with Crippen molar-refractivity contribution in [3.63, 3.8) is 0 Å². The van der Waals surface area contributed by atoms with Gasteiger partial charge in [-0.05, 0) is 62.8 Å². The number of para-hydroxylation sites is 1. The first-order chi connectivity index (χ1) is 16.3. The van der Waals surface area contributed by atoms with E-state index in [4.69, 9.17) is 4.42 Å². The number of sulfonamides is 1. The number of oxazole rings is 1. The largest absolute Gasteiger partial charge is 0.420 e. The van der Waals surface area contributed by atoms with Gasteiger partial charge in [-0.1, -0.05) is 18.2 Å². The fraction of sp³-hybridized carbons (Fsp3) is 0.440. The highest BCUT2D eigenvalue weighted by molar-refractivity contribution is 7.89. The Hall–Kier alpha value is -2.91. The zero-order chi connectivity index (χ0) is 24.0. The minimum absolute atomic E-state index is 0.0908. The summed E-state index contributed by atoms with van der Waals surface area (Å²) in [5.74, 6) is -0.223. The van der Waals surface area contributed by atoms with Crippen LogP contribution in [0.1, 0.15) is 44.7 Å². The van der Waals surface area contributed by atoms with Gasteiger partial charge in [0.15, 0.2) is 5.58 Å². The van der Waals surface area contributed by atoms with Gasteiger partial charge in [0.25, 0.3) is 0 Å². The number of carbonyl (C=O) groups is 1. The Balaban J connectivity index is 1.25. The predicted molar refractivity (Wildman–Crippen MR) is 129 cm³/mol. The second kappa shape index (κ2) is 8.70. The SMILES string of the molecule is CC(C)n1c(=O)oc2cc(S(=O)(=O)N3CCC(CC(=O)N4CCc5ccccc54)CC3)ccc21. The quantitative estimate of drug-likeness (QED) is 0.553. The van der Waals surface area contributed by atoms with Gasteiger partial charge in [-0.3, -0.25) is 9.36 Å². The monoisotopic (exact) mass is 483 g/mol. The fourth-order valence-electron chi connectivity index (χ4n) is 5.12. The number of benzene rings is 2. The van der Waals surface area contributed by atoms with Crippen molar-refractivity contribution in [2.45, 2.75) is 50.5 Å². The highest BCUT2D eigenvalue weighted by Crippen LogP contribution is 2.31. The molecule has 0 N–H and O–H groups in total. The lowest BCUT2D eigenvalue weighted by atomic mass is 9.94. The Morgan fingerprint density at radius 2 is 1.82 bits per heavy atom. The summed E-state index contributed by atoms with van der Waals surface area (Å²) in [5.41, 5.74) is 3.06. The number of hydrogen-bond acceptors (Lipinski definition) is 5. The van der Waals surface area contributed by atoms with E-state index in [-0.39, 0.29) is 28.3 Å². The normalized spacial score (nSPS) is 17.6. The summed E-state index contributed by atoms with van der Waals surface area (Å²) in [6.07, 6.45) is 2.59. The van der Waals surface area contributed by atoms with Crippen molar-refractivity contribution in [2.24, 2.45) is 5.92 Å². The topological polar surface area (TPSA) is 92.8 Å². The Bertz CT molecular complexity index is 1400. The van der Waals surface area contributed by atoms with E-state index in [2.05, 4.69) is 6.07 Å². The van der Waals surface area contributed by atoms with Gasteiger partial charge in [0.05, 0.1) is 10.4 Å². The molecule has 2 aromatic carbocycles. The van der Waals surface area contributed by atoms with Gasteiger partial charge < -0.3 is 9.32 Å². The minimum Gasteiger partial charge on any atom is -0.408 e. The summed E-state index contributed by atoms with van der Waals surface area (Å²) in [6.45, 7) is 5.19. The zero-order valence-electron chi connectivity index (χ0n) is 19.4. The lowest BCUT2D eigenvalue weighted by Gasteiger charge is -2.31. The van der Waals surface area contributed by atoms with Gasteiger partial charge in [-0.2, -0.15) is 4.31 Å². The molecule has 0 bridgehead atoms. The molecule has 1 saturated heterocycles. The van der Waals surface area contributed by atoms with Crippen LogP contribution in [0.15, 0.2) is 56.6 Å². The fourth-order valence-corrected chi connectivity index (χ4v) is 6.61. The number of piperidine rings is 1. The molecule has 1 aromatic heterocycles.